The van der Waals surface area contributed by atoms with Gasteiger partial charge in [-0.25, -0.2) is 4.39 Å². The minimum absolute atomic E-state index is 0.00244. The predicted octanol–water partition coefficient (Wildman–Crippen LogP) is 4.83. The van der Waals surface area contributed by atoms with E-state index < -0.39 is 6.04 Å². The molecule has 2 aromatic carbocycles. The normalized spacial score (nSPS) is 13.2. The van der Waals surface area contributed by atoms with Crippen LogP contribution in [0.3, 0.4) is 0 Å². The maximum Gasteiger partial charge on any atom is 0.261 e. The number of carbonyl (C=O) groups is 2. The monoisotopic (exact) mass is 442 g/mol. The van der Waals surface area contributed by atoms with E-state index in [0.29, 0.717) is 5.75 Å². The van der Waals surface area contributed by atoms with Crippen LogP contribution in [0, 0.1) is 5.82 Å². The van der Waals surface area contributed by atoms with E-state index in [1.165, 1.54) is 17.0 Å². The smallest absolute Gasteiger partial charge is 0.261 e. The molecular formula is C26H35FN2O3. The third-order valence-corrected chi connectivity index (χ3v) is 5.48. The van der Waals surface area contributed by atoms with Crippen LogP contribution in [-0.4, -0.2) is 35.4 Å². The topological polar surface area (TPSA) is 58.6 Å². The van der Waals surface area contributed by atoms with Gasteiger partial charge < -0.3 is 15.0 Å². The van der Waals surface area contributed by atoms with Crippen LogP contribution in [0.5, 0.6) is 5.75 Å². The Morgan fingerprint density at radius 1 is 1.06 bits per heavy atom. The van der Waals surface area contributed by atoms with E-state index in [4.69, 9.17) is 4.74 Å². The fraction of sp³-hybridized carbons (Fsp3) is 0.462. The average Bonchev–Trinajstić information content (AvgIpc) is 2.76. The first-order valence-corrected chi connectivity index (χ1v) is 11.1. The lowest BCUT2D eigenvalue weighted by molar-refractivity contribution is -0.142. The Labute approximate surface area is 191 Å². The van der Waals surface area contributed by atoms with Crippen LogP contribution in [0.4, 0.5) is 4.39 Å². The van der Waals surface area contributed by atoms with Gasteiger partial charge in [-0.1, -0.05) is 58.0 Å². The van der Waals surface area contributed by atoms with Crippen LogP contribution in [0.2, 0.25) is 0 Å². The molecule has 0 aliphatic heterocycles. The van der Waals surface area contributed by atoms with Crippen molar-refractivity contribution in [3.05, 3.63) is 65.5 Å². The molecule has 1 N–H and O–H groups in total. The first-order chi connectivity index (χ1) is 15.0. The lowest BCUT2D eigenvalue weighted by Gasteiger charge is -2.30. The molecule has 2 rings (SSSR count). The Bertz CT molecular complexity index is 906. The zero-order valence-corrected chi connectivity index (χ0v) is 19.9. The fourth-order valence-corrected chi connectivity index (χ4v) is 3.27. The number of ether oxygens (including phenoxy) is 1. The number of nitrogens with zero attached hydrogens (tertiary/aromatic N) is 1. The lowest BCUT2D eigenvalue weighted by atomic mass is 9.86. The van der Waals surface area contributed by atoms with E-state index in [1.54, 1.807) is 19.1 Å². The zero-order valence-electron chi connectivity index (χ0n) is 19.9. The quantitative estimate of drug-likeness (QED) is 0.605. The van der Waals surface area contributed by atoms with Gasteiger partial charge in [0.05, 0.1) is 0 Å². The molecule has 0 spiro atoms. The standard InChI is InChI=1S/C26H35FN2O3/c1-7-18(2)28-25(31)19(3)29(16-20-12-14-21(27)15-13-20)24(30)17-32-23-11-9-8-10-22(23)26(4,5)6/h8-15,18-19H,7,16-17H2,1-6H3,(H,28,31)/t18-,19-/m0/s1. The molecule has 2 aromatic rings. The van der Waals surface area contributed by atoms with E-state index in [2.05, 4.69) is 26.1 Å². The second-order valence-electron chi connectivity index (χ2n) is 9.18. The summed E-state index contributed by atoms with van der Waals surface area (Å²) in [6.07, 6.45) is 0.789. The molecule has 174 valence electrons. The van der Waals surface area contributed by atoms with Crippen molar-refractivity contribution in [1.29, 1.82) is 0 Å². The number of hydrogen-bond acceptors (Lipinski definition) is 3. The van der Waals surface area contributed by atoms with E-state index >= 15 is 0 Å². The largest absolute Gasteiger partial charge is 0.483 e. The van der Waals surface area contributed by atoms with Crippen LogP contribution < -0.4 is 10.1 Å². The van der Waals surface area contributed by atoms with Gasteiger partial charge in [0, 0.05) is 12.6 Å². The van der Waals surface area contributed by atoms with Gasteiger partial charge in [-0.05, 0) is 55.0 Å². The van der Waals surface area contributed by atoms with Crippen molar-refractivity contribution in [1.82, 2.24) is 10.2 Å². The molecule has 0 saturated carbocycles. The second-order valence-corrected chi connectivity index (χ2v) is 9.18. The van der Waals surface area contributed by atoms with Gasteiger partial charge in [-0.2, -0.15) is 0 Å². The van der Waals surface area contributed by atoms with Gasteiger partial charge in [0.15, 0.2) is 6.61 Å². The third-order valence-electron chi connectivity index (χ3n) is 5.48. The van der Waals surface area contributed by atoms with Crippen molar-refractivity contribution in [2.24, 2.45) is 0 Å². The molecule has 2 amide bonds. The lowest BCUT2D eigenvalue weighted by Crippen LogP contribution is -2.50. The Morgan fingerprint density at radius 3 is 2.28 bits per heavy atom. The third kappa shape index (κ3) is 7.08. The molecule has 0 bridgehead atoms. The summed E-state index contributed by atoms with van der Waals surface area (Å²) in [6, 6.07) is 12.9. The molecule has 0 radical (unpaired) electrons. The highest BCUT2D eigenvalue weighted by molar-refractivity contribution is 5.88. The molecule has 2 atom stereocenters. The summed E-state index contributed by atoms with van der Waals surface area (Å²) in [6.45, 7) is 11.8. The van der Waals surface area contributed by atoms with Crippen molar-refractivity contribution < 1.29 is 18.7 Å². The van der Waals surface area contributed by atoms with E-state index in [-0.39, 0.29) is 42.2 Å². The van der Waals surface area contributed by atoms with Gasteiger partial charge in [-0.15, -0.1) is 0 Å². The summed E-state index contributed by atoms with van der Waals surface area (Å²) in [5, 5.41) is 2.93. The van der Waals surface area contributed by atoms with E-state index in [1.807, 2.05) is 38.1 Å². The summed E-state index contributed by atoms with van der Waals surface area (Å²) >= 11 is 0. The summed E-state index contributed by atoms with van der Waals surface area (Å²) in [5.41, 5.74) is 1.59. The molecule has 0 saturated heterocycles. The summed E-state index contributed by atoms with van der Waals surface area (Å²) in [5.74, 6) is -0.252. The number of amides is 2. The number of rotatable bonds is 9. The zero-order chi connectivity index (χ0) is 23.9. The number of nitrogens with one attached hydrogen (secondary N) is 1. The van der Waals surface area contributed by atoms with Crippen molar-refractivity contribution >= 4 is 11.8 Å². The van der Waals surface area contributed by atoms with E-state index in [0.717, 1.165) is 17.5 Å². The predicted molar refractivity (Wildman–Crippen MR) is 125 cm³/mol. The number of para-hydroxylation sites is 1. The molecule has 0 unspecified atom stereocenters. The summed E-state index contributed by atoms with van der Waals surface area (Å²) in [7, 11) is 0. The Morgan fingerprint density at radius 2 is 1.69 bits per heavy atom. The van der Waals surface area contributed by atoms with E-state index in [9.17, 15) is 14.0 Å². The van der Waals surface area contributed by atoms with Crippen molar-refractivity contribution in [3.63, 3.8) is 0 Å². The average molecular weight is 443 g/mol. The summed E-state index contributed by atoms with van der Waals surface area (Å²) < 4.78 is 19.2. The minimum atomic E-state index is -0.706. The number of halogens is 1. The van der Waals surface area contributed by atoms with Crippen molar-refractivity contribution in [2.45, 2.75) is 72.0 Å². The molecule has 0 aliphatic rings. The molecule has 6 heteroatoms. The van der Waals surface area contributed by atoms with Crippen LogP contribution >= 0.6 is 0 Å². The fourth-order valence-electron chi connectivity index (χ4n) is 3.27. The maximum absolute atomic E-state index is 13.3. The van der Waals surface area contributed by atoms with Gasteiger partial charge >= 0.3 is 0 Å². The number of hydrogen-bond donors (Lipinski definition) is 1. The summed E-state index contributed by atoms with van der Waals surface area (Å²) in [4.78, 5) is 27.4. The van der Waals surface area contributed by atoms with Gasteiger partial charge in [0.1, 0.15) is 17.6 Å². The first kappa shape index (κ1) is 25.4. The first-order valence-electron chi connectivity index (χ1n) is 11.1. The van der Waals surface area contributed by atoms with Crippen LogP contribution in [-0.2, 0) is 21.5 Å². The van der Waals surface area contributed by atoms with Gasteiger partial charge in [-0.3, -0.25) is 9.59 Å². The molecule has 0 heterocycles. The Kier molecular flexibility index (Phi) is 8.81. The minimum Gasteiger partial charge on any atom is -0.483 e. The SMILES string of the molecule is CC[C@H](C)NC(=O)[C@H](C)N(Cc1ccc(F)cc1)C(=O)COc1ccccc1C(C)(C)C. The van der Waals surface area contributed by atoms with Crippen molar-refractivity contribution in [2.75, 3.05) is 6.61 Å². The highest BCUT2D eigenvalue weighted by atomic mass is 19.1. The van der Waals surface area contributed by atoms with Gasteiger partial charge in [0.25, 0.3) is 5.91 Å². The van der Waals surface area contributed by atoms with Gasteiger partial charge in [0.2, 0.25) is 5.91 Å². The Balaban J connectivity index is 2.21. The highest BCUT2D eigenvalue weighted by Crippen LogP contribution is 2.31. The van der Waals surface area contributed by atoms with Crippen molar-refractivity contribution in [3.8, 4) is 5.75 Å². The highest BCUT2D eigenvalue weighted by Gasteiger charge is 2.28. The molecule has 0 aliphatic carbocycles. The molecule has 0 fully saturated rings. The molecule has 32 heavy (non-hydrogen) atoms. The number of carbonyl (C=O) groups excluding carboxylic acids is 2. The molecular weight excluding hydrogens is 407 g/mol. The van der Waals surface area contributed by atoms with Crippen LogP contribution in [0.15, 0.2) is 48.5 Å². The Hall–Kier alpha value is -2.89. The molecule has 0 aromatic heterocycles. The second kappa shape index (κ2) is 11.1. The number of benzene rings is 2. The van der Waals surface area contributed by atoms with Crippen LogP contribution in [0.1, 0.15) is 59.1 Å². The van der Waals surface area contributed by atoms with Crippen LogP contribution in [0.25, 0.3) is 0 Å². The molecule has 5 nitrogen and oxygen atoms in total. The maximum atomic E-state index is 13.3.